The summed E-state index contributed by atoms with van der Waals surface area (Å²) < 4.78 is 42.0. The van der Waals surface area contributed by atoms with Gasteiger partial charge in [0.25, 0.3) is 0 Å². The molecule has 124 valence electrons. The third-order valence-corrected chi connectivity index (χ3v) is 3.41. The van der Waals surface area contributed by atoms with Crippen LogP contribution in [0.2, 0.25) is 0 Å². The fraction of sp³-hybridized carbons (Fsp3) is 0.294. The van der Waals surface area contributed by atoms with Gasteiger partial charge >= 0.3 is 0 Å². The molecule has 0 heterocycles. The van der Waals surface area contributed by atoms with E-state index in [9.17, 15) is 8.78 Å². The lowest BCUT2D eigenvalue weighted by Crippen LogP contribution is -2.14. The van der Waals surface area contributed by atoms with Crippen molar-refractivity contribution >= 4 is 0 Å². The van der Waals surface area contributed by atoms with Crippen LogP contribution in [0, 0.1) is 11.6 Å². The number of methoxy groups -OCH3 is 3. The molecule has 1 N–H and O–H groups in total. The molecule has 0 aliphatic heterocycles. The highest BCUT2D eigenvalue weighted by Crippen LogP contribution is 2.39. The van der Waals surface area contributed by atoms with E-state index >= 15 is 0 Å². The van der Waals surface area contributed by atoms with Crippen molar-refractivity contribution in [1.82, 2.24) is 5.32 Å². The second-order valence-corrected chi connectivity index (χ2v) is 4.85. The van der Waals surface area contributed by atoms with Gasteiger partial charge in [-0.15, -0.1) is 0 Å². The van der Waals surface area contributed by atoms with Crippen molar-refractivity contribution in [3.63, 3.8) is 0 Å². The fourth-order valence-electron chi connectivity index (χ4n) is 2.29. The summed E-state index contributed by atoms with van der Waals surface area (Å²) in [7, 11) is 4.65. The van der Waals surface area contributed by atoms with Gasteiger partial charge in [0.2, 0.25) is 5.75 Å². The molecule has 23 heavy (non-hydrogen) atoms. The highest BCUT2D eigenvalue weighted by molar-refractivity contribution is 5.55. The van der Waals surface area contributed by atoms with E-state index in [0.29, 0.717) is 35.9 Å². The molecule has 0 saturated carbocycles. The molecule has 6 heteroatoms. The molecule has 4 nitrogen and oxygen atoms in total. The van der Waals surface area contributed by atoms with Crippen LogP contribution in [0.25, 0.3) is 0 Å². The highest BCUT2D eigenvalue weighted by Gasteiger charge is 2.15. The van der Waals surface area contributed by atoms with Crippen LogP contribution in [0.1, 0.15) is 11.1 Å². The van der Waals surface area contributed by atoms with E-state index in [2.05, 4.69) is 5.32 Å². The van der Waals surface area contributed by atoms with Crippen LogP contribution in [-0.2, 0) is 13.1 Å². The van der Waals surface area contributed by atoms with Crippen molar-refractivity contribution in [1.29, 1.82) is 0 Å². The lowest BCUT2D eigenvalue weighted by Gasteiger charge is -2.16. The molecule has 0 bridgehead atoms. The summed E-state index contributed by atoms with van der Waals surface area (Å²) in [5, 5.41) is 3.16. The first kappa shape index (κ1) is 17.0. The maximum absolute atomic E-state index is 13.2. The third kappa shape index (κ3) is 3.90. The Bertz CT molecular complexity index is 677. The molecule has 0 unspecified atom stereocenters. The minimum atomic E-state index is -0.854. The zero-order valence-corrected chi connectivity index (χ0v) is 13.3. The van der Waals surface area contributed by atoms with Crippen molar-refractivity contribution in [3.8, 4) is 17.2 Å². The quantitative estimate of drug-likeness (QED) is 0.849. The smallest absolute Gasteiger partial charge is 0.203 e. The van der Waals surface area contributed by atoms with Crippen LogP contribution in [0.15, 0.2) is 30.3 Å². The summed E-state index contributed by atoms with van der Waals surface area (Å²) in [6.07, 6.45) is 0. The monoisotopic (exact) mass is 323 g/mol. The molecule has 0 amide bonds. The summed E-state index contributed by atoms with van der Waals surface area (Å²) in [6.45, 7) is 0.872. The van der Waals surface area contributed by atoms with Crippen molar-refractivity contribution in [3.05, 3.63) is 53.1 Å². The van der Waals surface area contributed by atoms with Gasteiger partial charge in [0.15, 0.2) is 23.1 Å². The first-order valence-corrected chi connectivity index (χ1v) is 7.03. The first-order chi connectivity index (χ1) is 11.1. The van der Waals surface area contributed by atoms with Gasteiger partial charge in [0.1, 0.15) is 0 Å². The molecule has 0 radical (unpaired) electrons. The standard InChI is InChI=1S/C17H19F2NO3/c1-21-15-7-5-12(16(22-2)17(15)23-3)10-20-9-11-4-6-13(18)14(19)8-11/h4-8,20H,9-10H2,1-3H3. The average Bonchev–Trinajstić information content (AvgIpc) is 2.57. The fourth-order valence-corrected chi connectivity index (χ4v) is 2.29. The Kier molecular flexibility index (Phi) is 5.76. The Morgan fingerprint density at radius 2 is 1.57 bits per heavy atom. The Morgan fingerprint density at radius 3 is 2.17 bits per heavy atom. The zero-order chi connectivity index (χ0) is 16.8. The van der Waals surface area contributed by atoms with Gasteiger partial charge in [-0.2, -0.15) is 0 Å². The summed E-state index contributed by atoms with van der Waals surface area (Å²) in [6, 6.07) is 7.48. The second kappa shape index (κ2) is 7.78. The van der Waals surface area contributed by atoms with Gasteiger partial charge in [0, 0.05) is 18.7 Å². The molecule has 2 aromatic rings. The van der Waals surface area contributed by atoms with Crippen molar-refractivity contribution in [2.24, 2.45) is 0 Å². The van der Waals surface area contributed by atoms with Gasteiger partial charge in [0.05, 0.1) is 21.3 Å². The predicted molar refractivity (Wildman–Crippen MR) is 83.0 cm³/mol. The number of nitrogens with one attached hydrogen (secondary N) is 1. The molecule has 0 saturated heterocycles. The van der Waals surface area contributed by atoms with Gasteiger partial charge in [-0.05, 0) is 23.8 Å². The SMILES string of the molecule is COc1ccc(CNCc2ccc(F)c(F)c2)c(OC)c1OC. The van der Waals surface area contributed by atoms with E-state index in [4.69, 9.17) is 14.2 Å². The number of hydrogen-bond donors (Lipinski definition) is 1. The highest BCUT2D eigenvalue weighted by atomic mass is 19.2. The predicted octanol–water partition coefficient (Wildman–Crippen LogP) is 3.28. The van der Waals surface area contributed by atoms with E-state index in [1.165, 1.54) is 12.1 Å². The van der Waals surface area contributed by atoms with E-state index in [-0.39, 0.29) is 0 Å². The van der Waals surface area contributed by atoms with Crippen LogP contribution in [0.3, 0.4) is 0 Å². The number of halogens is 2. The maximum atomic E-state index is 13.2. The summed E-state index contributed by atoms with van der Waals surface area (Å²) in [4.78, 5) is 0. The van der Waals surface area contributed by atoms with Crippen molar-refractivity contribution in [2.45, 2.75) is 13.1 Å². The summed E-state index contributed by atoms with van der Waals surface area (Å²) in [5.74, 6) is -0.0382. The minimum absolute atomic E-state index is 0.398. The average molecular weight is 323 g/mol. The molecule has 0 aliphatic carbocycles. The lowest BCUT2D eigenvalue weighted by atomic mass is 10.1. The van der Waals surface area contributed by atoms with Crippen molar-refractivity contribution in [2.75, 3.05) is 21.3 Å². The molecular weight excluding hydrogens is 304 g/mol. The van der Waals surface area contributed by atoms with Crippen LogP contribution >= 0.6 is 0 Å². The van der Waals surface area contributed by atoms with Crippen LogP contribution in [0.5, 0.6) is 17.2 Å². The van der Waals surface area contributed by atoms with Gasteiger partial charge in [-0.25, -0.2) is 8.78 Å². The summed E-state index contributed by atoms with van der Waals surface area (Å²) in [5.41, 5.74) is 1.52. The minimum Gasteiger partial charge on any atom is -0.493 e. The number of benzene rings is 2. The lowest BCUT2D eigenvalue weighted by molar-refractivity contribution is 0.321. The van der Waals surface area contributed by atoms with Gasteiger partial charge in [-0.1, -0.05) is 12.1 Å². The van der Waals surface area contributed by atoms with Gasteiger partial charge in [-0.3, -0.25) is 0 Å². The second-order valence-electron chi connectivity index (χ2n) is 4.85. The number of ether oxygens (including phenoxy) is 3. The normalized spacial score (nSPS) is 10.5. The molecule has 2 rings (SSSR count). The molecular formula is C17H19F2NO3. The largest absolute Gasteiger partial charge is 0.493 e. The Labute approximate surface area is 134 Å². The van der Waals surface area contributed by atoms with E-state index in [1.54, 1.807) is 27.4 Å². The van der Waals surface area contributed by atoms with Crippen LogP contribution in [-0.4, -0.2) is 21.3 Å². The maximum Gasteiger partial charge on any atom is 0.203 e. The molecule has 0 atom stereocenters. The van der Waals surface area contributed by atoms with E-state index in [0.717, 1.165) is 11.6 Å². The van der Waals surface area contributed by atoms with Gasteiger partial charge < -0.3 is 19.5 Å². The molecule has 0 aliphatic rings. The van der Waals surface area contributed by atoms with E-state index in [1.807, 2.05) is 6.07 Å². The Balaban J connectivity index is 2.09. The Morgan fingerprint density at radius 1 is 0.826 bits per heavy atom. The van der Waals surface area contributed by atoms with Crippen LogP contribution in [0.4, 0.5) is 8.78 Å². The topological polar surface area (TPSA) is 39.7 Å². The van der Waals surface area contributed by atoms with Crippen LogP contribution < -0.4 is 19.5 Å². The third-order valence-electron chi connectivity index (χ3n) is 3.41. The zero-order valence-electron chi connectivity index (χ0n) is 13.3. The molecule has 0 fully saturated rings. The number of hydrogen-bond acceptors (Lipinski definition) is 4. The molecule has 2 aromatic carbocycles. The molecule has 0 aromatic heterocycles. The molecule has 0 spiro atoms. The van der Waals surface area contributed by atoms with E-state index < -0.39 is 11.6 Å². The Hall–Kier alpha value is -2.34. The first-order valence-electron chi connectivity index (χ1n) is 7.03. The van der Waals surface area contributed by atoms with Crippen molar-refractivity contribution < 1.29 is 23.0 Å². The number of rotatable bonds is 7. The summed E-state index contributed by atoms with van der Waals surface area (Å²) >= 11 is 0.